The normalized spacial score (nSPS) is 11.1. The van der Waals surface area contributed by atoms with Gasteiger partial charge in [-0.1, -0.05) is 12.1 Å². The van der Waals surface area contributed by atoms with Crippen LogP contribution in [0.5, 0.6) is 5.75 Å². The van der Waals surface area contributed by atoms with Gasteiger partial charge in [0.25, 0.3) is 0 Å². The molecule has 0 aliphatic rings. The summed E-state index contributed by atoms with van der Waals surface area (Å²) in [5, 5.41) is 2.63. The first-order chi connectivity index (χ1) is 10.9. The fourth-order valence-corrected chi connectivity index (χ4v) is 2.28. The Balaban J connectivity index is 1.91. The third-order valence-corrected chi connectivity index (χ3v) is 3.64. The van der Waals surface area contributed by atoms with Gasteiger partial charge in [0, 0.05) is 10.6 Å². The molecule has 2 aromatic rings. The van der Waals surface area contributed by atoms with Crippen LogP contribution in [0.15, 0.2) is 53.4 Å². The number of alkyl halides is 3. The fraction of sp³-hybridized carbons (Fsp3) is 0.188. The Morgan fingerprint density at radius 3 is 2.22 bits per heavy atom. The summed E-state index contributed by atoms with van der Waals surface area (Å²) in [6, 6.07) is 12.6. The Bertz CT molecular complexity index is 655. The predicted molar refractivity (Wildman–Crippen MR) is 83.7 cm³/mol. The van der Waals surface area contributed by atoms with E-state index in [0.717, 1.165) is 22.6 Å². The van der Waals surface area contributed by atoms with Gasteiger partial charge in [0.2, 0.25) is 5.91 Å². The molecule has 0 unspecified atom stereocenters. The molecule has 0 heterocycles. The number of amides is 1. The zero-order valence-electron chi connectivity index (χ0n) is 12.2. The van der Waals surface area contributed by atoms with Gasteiger partial charge in [-0.05, 0) is 48.2 Å². The minimum atomic E-state index is -4.73. The summed E-state index contributed by atoms with van der Waals surface area (Å²) in [4.78, 5) is 13.0. The number of ether oxygens (including phenoxy) is 1. The van der Waals surface area contributed by atoms with Crippen molar-refractivity contribution in [2.45, 2.75) is 17.7 Å². The van der Waals surface area contributed by atoms with Gasteiger partial charge in [-0.3, -0.25) is 4.79 Å². The van der Waals surface area contributed by atoms with Crippen molar-refractivity contribution in [1.82, 2.24) is 0 Å². The molecule has 1 N–H and O–H groups in total. The second-order valence-corrected chi connectivity index (χ2v) is 5.52. The third-order valence-electron chi connectivity index (χ3n) is 2.90. The Kier molecular flexibility index (Phi) is 5.54. The van der Waals surface area contributed by atoms with E-state index in [1.54, 1.807) is 11.8 Å². The molecule has 23 heavy (non-hydrogen) atoms. The van der Waals surface area contributed by atoms with Crippen molar-refractivity contribution in [3.8, 4) is 5.75 Å². The molecule has 3 nitrogen and oxygen atoms in total. The highest BCUT2D eigenvalue weighted by molar-refractivity contribution is 7.98. The largest absolute Gasteiger partial charge is 0.573 e. The zero-order valence-corrected chi connectivity index (χ0v) is 13.0. The highest BCUT2D eigenvalue weighted by atomic mass is 32.2. The summed E-state index contributed by atoms with van der Waals surface area (Å²) in [6.45, 7) is 0. The molecule has 0 saturated carbocycles. The summed E-state index contributed by atoms with van der Waals surface area (Å²) in [7, 11) is 0. The molecule has 122 valence electrons. The lowest BCUT2D eigenvalue weighted by Gasteiger charge is -2.10. The first-order valence-corrected chi connectivity index (χ1v) is 7.87. The molecule has 0 aliphatic heterocycles. The van der Waals surface area contributed by atoms with Crippen LogP contribution >= 0.6 is 11.8 Å². The highest BCUT2D eigenvalue weighted by Crippen LogP contribution is 2.24. The van der Waals surface area contributed by atoms with Crippen LogP contribution in [0.25, 0.3) is 0 Å². The topological polar surface area (TPSA) is 38.3 Å². The average Bonchev–Trinajstić information content (AvgIpc) is 2.48. The summed E-state index contributed by atoms with van der Waals surface area (Å²) >= 11 is 1.61. The molecule has 0 fully saturated rings. The van der Waals surface area contributed by atoms with Crippen LogP contribution < -0.4 is 10.1 Å². The molecule has 0 atom stereocenters. The molecular formula is C16H14F3NO2S. The molecule has 0 aromatic heterocycles. The van der Waals surface area contributed by atoms with Crippen molar-refractivity contribution in [2.75, 3.05) is 11.6 Å². The number of hydrogen-bond donors (Lipinski definition) is 1. The van der Waals surface area contributed by atoms with E-state index < -0.39 is 6.36 Å². The molecule has 0 spiro atoms. The van der Waals surface area contributed by atoms with E-state index in [1.807, 2.05) is 30.5 Å². The van der Waals surface area contributed by atoms with Crippen molar-refractivity contribution in [3.63, 3.8) is 0 Å². The molecule has 2 aromatic carbocycles. The van der Waals surface area contributed by atoms with Gasteiger partial charge < -0.3 is 10.1 Å². The highest BCUT2D eigenvalue weighted by Gasteiger charge is 2.30. The summed E-state index contributed by atoms with van der Waals surface area (Å²) in [5.74, 6) is -0.574. The van der Waals surface area contributed by atoms with Crippen LogP contribution in [0.4, 0.5) is 18.9 Å². The van der Waals surface area contributed by atoms with E-state index >= 15 is 0 Å². The maximum atomic E-state index is 12.1. The molecule has 1 amide bonds. The first kappa shape index (κ1) is 17.2. The SMILES string of the molecule is CSc1ccc(CC(=O)Nc2ccc(OC(F)(F)F)cc2)cc1. The lowest BCUT2D eigenvalue weighted by atomic mass is 10.1. The van der Waals surface area contributed by atoms with Crippen molar-refractivity contribution in [1.29, 1.82) is 0 Å². The number of hydrogen-bond acceptors (Lipinski definition) is 3. The van der Waals surface area contributed by atoms with E-state index in [9.17, 15) is 18.0 Å². The standard InChI is InChI=1S/C16H14F3NO2S/c1-23-14-8-2-11(3-9-14)10-15(21)20-12-4-6-13(7-5-12)22-16(17,18)19/h2-9H,10H2,1H3,(H,20,21). The fourth-order valence-electron chi connectivity index (χ4n) is 1.87. The number of carbonyl (C=O) groups is 1. The number of nitrogens with one attached hydrogen (secondary N) is 1. The maximum Gasteiger partial charge on any atom is 0.573 e. The van der Waals surface area contributed by atoms with Crippen molar-refractivity contribution in [2.24, 2.45) is 0 Å². The lowest BCUT2D eigenvalue weighted by Crippen LogP contribution is -2.17. The Morgan fingerprint density at radius 1 is 1.09 bits per heavy atom. The third kappa shape index (κ3) is 5.86. The Morgan fingerprint density at radius 2 is 1.70 bits per heavy atom. The van der Waals surface area contributed by atoms with Gasteiger partial charge in [-0.25, -0.2) is 0 Å². The van der Waals surface area contributed by atoms with Crippen LogP contribution in [0.2, 0.25) is 0 Å². The molecule has 0 saturated heterocycles. The second kappa shape index (κ2) is 7.41. The first-order valence-electron chi connectivity index (χ1n) is 6.64. The number of anilines is 1. The molecular weight excluding hydrogens is 327 g/mol. The van der Waals surface area contributed by atoms with Gasteiger partial charge in [0.05, 0.1) is 6.42 Å². The number of rotatable bonds is 5. The van der Waals surface area contributed by atoms with Gasteiger partial charge in [-0.2, -0.15) is 0 Å². The number of halogens is 3. The monoisotopic (exact) mass is 341 g/mol. The van der Waals surface area contributed by atoms with E-state index in [1.165, 1.54) is 12.1 Å². The van der Waals surface area contributed by atoms with E-state index in [4.69, 9.17) is 0 Å². The van der Waals surface area contributed by atoms with Crippen LogP contribution in [-0.4, -0.2) is 18.5 Å². The average molecular weight is 341 g/mol. The molecule has 7 heteroatoms. The smallest absolute Gasteiger partial charge is 0.406 e. The molecule has 0 radical (unpaired) electrons. The van der Waals surface area contributed by atoms with Crippen LogP contribution in [0.1, 0.15) is 5.56 Å². The maximum absolute atomic E-state index is 12.1. The number of benzene rings is 2. The van der Waals surface area contributed by atoms with E-state index in [0.29, 0.717) is 5.69 Å². The van der Waals surface area contributed by atoms with Gasteiger partial charge >= 0.3 is 6.36 Å². The summed E-state index contributed by atoms with van der Waals surface area (Å²) < 4.78 is 39.9. The predicted octanol–water partition coefficient (Wildman–Crippen LogP) is 4.49. The van der Waals surface area contributed by atoms with Crippen LogP contribution in [0, 0.1) is 0 Å². The molecule has 0 bridgehead atoms. The van der Waals surface area contributed by atoms with Gasteiger partial charge in [0.15, 0.2) is 0 Å². The van der Waals surface area contributed by atoms with Crippen molar-refractivity contribution >= 4 is 23.4 Å². The van der Waals surface area contributed by atoms with E-state index in [-0.39, 0.29) is 18.1 Å². The minimum Gasteiger partial charge on any atom is -0.406 e. The Labute approximate surface area is 135 Å². The summed E-state index contributed by atoms with van der Waals surface area (Å²) in [6.07, 6.45) is -2.57. The van der Waals surface area contributed by atoms with Crippen LogP contribution in [0.3, 0.4) is 0 Å². The molecule has 0 aliphatic carbocycles. The second-order valence-electron chi connectivity index (χ2n) is 4.65. The molecule has 2 rings (SSSR count). The Hall–Kier alpha value is -2.15. The van der Waals surface area contributed by atoms with Gasteiger partial charge in [0.1, 0.15) is 5.75 Å². The lowest BCUT2D eigenvalue weighted by molar-refractivity contribution is -0.274. The van der Waals surface area contributed by atoms with Crippen molar-refractivity contribution < 1.29 is 22.7 Å². The minimum absolute atomic E-state index is 0.190. The summed E-state index contributed by atoms with van der Waals surface area (Å²) in [5.41, 5.74) is 1.27. The number of carbonyl (C=O) groups excluding carboxylic acids is 1. The van der Waals surface area contributed by atoms with E-state index in [2.05, 4.69) is 10.1 Å². The van der Waals surface area contributed by atoms with Gasteiger partial charge in [-0.15, -0.1) is 24.9 Å². The van der Waals surface area contributed by atoms with Crippen molar-refractivity contribution in [3.05, 3.63) is 54.1 Å². The van der Waals surface area contributed by atoms with Crippen LogP contribution in [-0.2, 0) is 11.2 Å². The quantitative estimate of drug-likeness (QED) is 0.815. The number of thioether (sulfide) groups is 1. The zero-order chi connectivity index (χ0) is 16.9.